The highest BCUT2D eigenvalue weighted by molar-refractivity contribution is 5.30. The van der Waals surface area contributed by atoms with Crippen molar-refractivity contribution in [3.63, 3.8) is 0 Å². The lowest BCUT2D eigenvalue weighted by atomic mass is 9.94. The van der Waals surface area contributed by atoms with Gasteiger partial charge < -0.3 is 0 Å². The largest absolute Gasteiger partial charge is 0.252 e. The normalized spacial score (nSPS) is 11.4. The predicted molar refractivity (Wildman–Crippen MR) is 544 cm³/mol. The molecule has 8 aromatic rings. The molecule has 0 aliphatic rings. The zero-order valence-corrected chi connectivity index (χ0v) is 85.7. The van der Waals surface area contributed by atoms with E-state index < -0.39 is 0 Å². The maximum atomic E-state index is 4.18. The molecule has 0 aliphatic carbocycles. The molecule has 0 bridgehead atoms. The van der Waals surface area contributed by atoms with E-state index in [1.807, 2.05) is 15.6 Å². The van der Waals surface area contributed by atoms with E-state index in [0.717, 1.165) is 107 Å². The number of hydrogen-bond donors (Lipinski definition) is 0. The molecule has 6 nitrogen and oxygen atoms in total. The quantitative estimate of drug-likeness (QED) is 0.0382. The van der Waals surface area contributed by atoms with Crippen molar-refractivity contribution < 1.29 is 0 Å². The van der Waals surface area contributed by atoms with E-state index in [2.05, 4.69) is 394 Å². The van der Waals surface area contributed by atoms with Crippen LogP contribution in [0.1, 0.15) is 402 Å². The third kappa shape index (κ3) is 62.7. The first-order valence-corrected chi connectivity index (χ1v) is 49.9. The molecule has 122 heavy (non-hydrogen) atoms. The van der Waals surface area contributed by atoms with Crippen molar-refractivity contribution in [2.75, 3.05) is 0 Å². The van der Waals surface area contributed by atoms with Gasteiger partial charge in [0.2, 0.25) is 0 Å². The van der Waals surface area contributed by atoms with Crippen molar-refractivity contribution in [1.82, 2.24) is 30.0 Å². The summed E-state index contributed by atoms with van der Waals surface area (Å²) in [6.45, 7) is 73.5. The molecule has 0 atom stereocenters. The number of aryl methyl sites for hydroxylation is 14. The van der Waals surface area contributed by atoms with Gasteiger partial charge in [-0.2, -0.15) is 0 Å². The van der Waals surface area contributed by atoms with Gasteiger partial charge in [-0.05, 0) is 343 Å². The van der Waals surface area contributed by atoms with Crippen LogP contribution in [0.2, 0.25) is 0 Å². The standard InChI is InChI=1S/6C16H26.C12H23N3.C8H15N3/c2*1-13(2)5-7-15-9-11-16(12-10-15)8-6-14(3)4;2*1-13(2)8-10-15-6-5-7-16(12-15)11-9-14(3)4;2*1-13(2)9-11-15-7-5-6-8-16(15)12-10-14(3)4;1-10(2)5-6-12-9-15(14-13-12)8-7-11(3)4;1-6(2)8-5-11(7(3)4)10-9-8/h2*9-14H,5-8H2,1-4H3;2*5-7,12-14H,8-11H2,1-4H3;2*5-8,13-14H,9-12H2,1-4H3;9-11H,5-8H2,1-4H3;5-7H,1-4H3. The van der Waals surface area contributed by atoms with E-state index in [1.165, 1.54) is 211 Å². The Balaban J connectivity index is 0.000000698. The Hall–Kier alpha value is -6.40. The Kier molecular flexibility index (Phi) is 63.2. The SMILES string of the molecule is CC(C)CCc1ccc(CCC(C)C)cc1.CC(C)CCc1ccc(CCC(C)C)cc1.CC(C)CCc1cccc(CCC(C)C)c1.CC(C)CCc1cccc(CCC(C)C)c1.CC(C)CCc1ccccc1CCC(C)C.CC(C)CCc1ccccc1CCC(C)C.CC(C)CCc1cn(CCC(C)C)nn1.CC(C)c1cn(C(C)C)nn1. The summed E-state index contributed by atoms with van der Waals surface area (Å²) >= 11 is 0. The lowest BCUT2D eigenvalue weighted by Crippen LogP contribution is -2.01. The van der Waals surface area contributed by atoms with E-state index in [1.54, 1.807) is 22.3 Å². The number of hydrogen-bond acceptors (Lipinski definition) is 4. The summed E-state index contributed by atoms with van der Waals surface area (Å²) < 4.78 is 3.85. The Bertz CT molecular complexity index is 3310. The predicted octanol–water partition coefficient (Wildman–Crippen LogP) is 34.1. The molecule has 0 amide bonds. The van der Waals surface area contributed by atoms with Gasteiger partial charge in [0.15, 0.2) is 0 Å². The maximum absolute atomic E-state index is 4.18. The summed E-state index contributed by atoms with van der Waals surface area (Å²) in [5.74, 6) is 11.6. The molecule has 0 spiro atoms. The Morgan fingerprint density at radius 1 is 0.213 bits per heavy atom. The highest BCUT2D eigenvalue weighted by atomic mass is 15.4. The minimum absolute atomic E-state index is 0.412. The van der Waals surface area contributed by atoms with Gasteiger partial charge in [0.25, 0.3) is 0 Å². The van der Waals surface area contributed by atoms with Crippen LogP contribution in [0.15, 0.2) is 158 Å². The lowest BCUT2D eigenvalue weighted by molar-refractivity contribution is 0.478. The van der Waals surface area contributed by atoms with Gasteiger partial charge >= 0.3 is 0 Å². The molecule has 2 heterocycles. The summed E-state index contributed by atoms with van der Waals surface area (Å²) in [6, 6.07) is 55.0. The van der Waals surface area contributed by atoms with Crippen LogP contribution < -0.4 is 0 Å². The molecular weight excluding hydrogens is 1480 g/mol. The fraction of sp³-hybridized carbons (Fsp3) is 0.655. The Morgan fingerprint density at radius 3 is 0.656 bits per heavy atom. The molecule has 6 aromatic carbocycles. The molecule has 2 aromatic heterocycles. The van der Waals surface area contributed by atoms with Crippen LogP contribution in [0.5, 0.6) is 0 Å². The molecule has 0 fully saturated rings. The molecule has 0 N–H and O–H groups in total. The van der Waals surface area contributed by atoms with Crippen LogP contribution >= 0.6 is 0 Å². The second kappa shape index (κ2) is 67.9. The summed E-state index contributed by atoms with van der Waals surface area (Å²) in [5.41, 5.74) is 20.5. The third-order valence-electron chi connectivity index (χ3n) is 22.5. The van der Waals surface area contributed by atoms with E-state index in [0.29, 0.717) is 12.0 Å². The Morgan fingerprint density at radius 2 is 0.443 bits per heavy atom. The fourth-order valence-electron chi connectivity index (χ4n) is 13.3. The van der Waals surface area contributed by atoms with Gasteiger partial charge in [-0.3, -0.25) is 4.68 Å². The number of aromatic nitrogens is 6. The van der Waals surface area contributed by atoms with E-state index in [4.69, 9.17) is 0 Å². The molecule has 0 saturated heterocycles. The summed E-state index contributed by atoms with van der Waals surface area (Å²) in [5, 5.41) is 16.4. The highest BCUT2D eigenvalue weighted by Gasteiger charge is 2.12. The van der Waals surface area contributed by atoms with E-state index in [-0.39, 0.29) is 0 Å². The van der Waals surface area contributed by atoms with Crippen LogP contribution in [-0.4, -0.2) is 30.0 Å². The lowest BCUT2D eigenvalue weighted by Gasteiger charge is -2.12. The van der Waals surface area contributed by atoms with Crippen molar-refractivity contribution in [3.05, 3.63) is 236 Å². The average Bonchev–Trinajstić information content (AvgIpc) is 1.79. The summed E-state index contributed by atoms with van der Waals surface area (Å²) in [4.78, 5) is 0. The monoisotopic (exact) mass is 1670 g/mol. The van der Waals surface area contributed by atoms with Crippen LogP contribution in [0.4, 0.5) is 0 Å². The Labute approximate surface area is 757 Å². The van der Waals surface area contributed by atoms with Gasteiger partial charge in [-0.1, -0.05) is 364 Å². The molecule has 0 radical (unpaired) electrons. The summed E-state index contributed by atoms with van der Waals surface area (Å²) in [6.07, 6.45) is 37.9. The zero-order chi connectivity index (χ0) is 91.5. The van der Waals surface area contributed by atoms with Crippen LogP contribution in [0.25, 0.3) is 0 Å². The fourth-order valence-corrected chi connectivity index (χ4v) is 13.3. The number of nitrogens with zero attached hydrogens (tertiary/aromatic N) is 6. The average molecular weight is 1670 g/mol. The highest BCUT2D eigenvalue weighted by Crippen LogP contribution is 2.23. The summed E-state index contributed by atoms with van der Waals surface area (Å²) in [7, 11) is 0. The van der Waals surface area contributed by atoms with E-state index >= 15 is 0 Å². The third-order valence-corrected chi connectivity index (χ3v) is 22.5. The topological polar surface area (TPSA) is 61.4 Å². The van der Waals surface area contributed by atoms with Crippen LogP contribution in [-0.2, 0) is 90.0 Å². The van der Waals surface area contributed by atoms with Gasteiger partial charge in [0.1, 0.15) is 0 Å². The van der Waals surface area contributed by atoms with Crippen molar-refractivity contribution in [2.45, 2.75) is 413 Å². The number of benzene rings is 6. The second-order valence-electron chi connectivity index (χ2n) is 42.5. The van der Waals surface area contributed by atoms with Crippen LogP contribution in [0.3, 0.4) is 0 Å². The molecule has 8 rings (SSSR count). The smallest absolute Gasteiger partial charge is 0.0852 e. The number of rotatable bonds is 44. The molecule has 0 aliphatic heterocycles. The molecule has 0 unspecified atom stereocenters. The van der Waals surface area contributed by atoms with Crippen LogP contribution in [0, 0.1) is 82.9 Å². The second-order valence-corrected chi connectivity index (χ2v) is 42.5. The van der Waals surface area contributed by atoms with Gasteiger partial charge in [0, 0.05) is 25.0 Å². The molecule has 688 valence electrons. The first kappa shape index (κ1) is 114. The minimum Gasteiger partial charge on any atom is -0.252 e. The van der Waals surface area contributed by atoms with Crippen molar-refractivity contribution >= 4 is 0 Å². The van der Waals surface area contributed by atoms with E-state index in [9.17, 15) is 0 Å². The van der Waals surface area contributed by atoms with Crippen molar-refractivity contribution in [1.29, 1.82) is 0 Å². The van der Waals surface area contributed by atoms with Gasteiger partial charge in [-0.15, -0.1) is 10.2 Å². The molecule has 0 saturated carbocycles. The first-order valence-electron chi connectivity index (χ1n) is 49.9. The van der Waals surface area contributed by atoms with Gasteiger partial charge in [0.05, 0.1) is 11.4 Å². The van der Waals surface area contributed by atoms with Crippen molar-refractivity contribution in [2.24, 2.45) is 82.9 Å². The van der Waals surface area contributed by atoms with Gasteiger partial charge in [-0.25, -0.2) is 4.68 Å². The molecule has 6 heteroatoms. The van der Waals surface area contributed by atoms with Crippen molar-refractivity contribution in [3.8, 4) is 0 Å². The minimum atomic E-state index is 0.412. The first-order chi connectivity index (χ1) is 57.7. The maximum Gasteiger partial charge on any atom is 0.0852 e. The zero-order valence-electron chi connectivity index (χ0n) is 85.7. The molecular formula is C116H194N6.